The maximum atomic E-state index is 10.8. The fourth-order valence-electron chi connectivity index (χ4n) is 2.35. The van der Waals surface area contributed by atoms with E-state index in [9.17, 15) is 10.1 Å². The van der Waals surface area contributed by atoms with Crippen molar-refractivity contribution >= 4 is 5.69 Å². The number of rotatable bonds is 4. The summed E-state index contributed by atoms with van der Waals surface area (Å²) in [5, 5.41) is 10.8. The highest BCUT2D eigenvalue weighted by Crippen LogP contribution is 2.30. The van der Waals surface area contributed by atoms with Crippen molar-refractivity contribution in [1.29, 1.82) is 0 Å². The zero-order valence-electron chi connectivity index (χ0n) is 10.9. The molecule has 0 aromatic heterocycles. The fourth-order valence-corrected chi connectivity index (χ4v) is 2.35. The highest BCUT2D eigenvalue weighted by molar-refractivity contribution is 5.44. The van der Waals surface area contributed by atoms with E-state index in [-0.39, 0.29) is 11.2 Å². The molecule has 0 unspecified atom stereocenters. The van der Waals surface area contributed by atoms with Gasteiger partial charge in [0.05, 0.1) is 12.0 Å². The molecule has 1 aliphatic rings. The van der Waals surface area contributed by atoms with E-state index < -0.39 is 4.92 Å². The Morgan fingerprint density at radius 3 is 2.74 bits per heavy atom. The van der Waals surface area contributed by atoms with Gasteiger partial charge in [0.1, 0.15) is 5.75 Å². The van der Waals surface area contributed by atoms with Gasteiger partial charge in [-0.15, -0.1) is 0 Å². The SMILES string of the molecule is COc1ccc([N+](=O)[O-])cc1CC1(N)CCOCC1. The van der Waals surface area contributed by atoms with Crippen LogP contribution >= 0.6 is 0 Å². The smallest absolute Gasteiger partial charge is 0.269 e. The van der Waals surface area contributed by atoms with E-state index in [1.54, 1.807) is 19.2 Å². The molecule has 1 fully saturated rings. The Morgan fingerprint density at radius 2 is 2.16 bits per heavy atom. The van der Waals surface area contributed by atoms with Gasteiger partial charge in [0.25, 0.3) is 5.69 Å². The third-order valence-corrected chi connectivity index (χ3v) is 3.51. The van der Waals surface area contributed by atoms with Crippen LogP contribution in [-0.2, 0) is 11.2 Å². The number of methoxy groups -OCH3 is 1. The molecule has 1 heterocycles. The Kier molecular flexibility index (Phi) is 4.01. The zero-order chi connectivity index (χ0) is 13.9. The maximum absolute atomic E-state index is 10.8. The van der Waals surface area contributed by atoms with Gasteiger partial charge in [-0.1, -0.05) is 0 Å². The maximum Gasteiger partial charge on any atom is 0.269 e. The van der Waals surface area contributed by atoms with Gasteiger partial charge in [0.2, 0.25) is 0 Å². The Morgan fingerprint density at radius 1 is 1.47 bits per heavy atom. The number of nitrogens with zero attached hydrogens (tertiary/aromatic N) is 1. The topological polar surface area (TPSA) is 87.6 Å². The summed E-state index contributed by atoms with van der Waals surface area (Å²) in [6, 6.07) is 4.61. The van der Waals surface area contributed by atoms with Crippen molar-refractivity contribution in [2.75, 3.05) is 20.3 Å². The molecule has 0 amide bonds. The molecule has 6 nitrogen and oxygen atoms in total. The predicted octanol–water partition coefficient (Wildman–Crippen LogP) is 1.65. The average Bonchev–Trinajstić information content (AvgIpc) is 2.39. The molecular weight excluding hydrogens is 248 g/mol. The number of ether oxygens (including phenoxy) is 2. The van der Waals surface area contributed by atoms with Gasteiger partial charge < -0.3 is 15.2 Å². The summed E-state index contributed by atoms with van der Waals surface area (Å²) in [6.07, 6.45) is 2.05. The molecule has 2 N–H and O–H groups in total. The lowest BCUT2D eigenvalue weighted by Crippen LogP contribution is -2.46. The lowest BCUT2D eigenvalue weighted by Gasteiger charge is -2.33. The molecule has 2 rings (SSSR count). The Bertz CT molecular complexity index is 470. The first kappa shape index (κ1) is 13.8. The second-order valence-electron chi connectivity index (χ2n) is 4.90. The standard InChI is InChI=1S/C13H18N2O4/c1-18-12-3-2-11(15(16)17)8-10(12)9-13(14)4-6-19-7-5-13/h2-3,8H,4-7,9,14H2,1H3. The van der Waals surface area contributed by atoms with Gasteiger partial charge in [-0.25, -0.2) is 0 Å². The molecule has 0 saturated carbocycles. The summed E-state index contributed by atoms with van der Waals surface area (Å²) in [5.74, 6) is 0.641. The molecule has 0 bridgehead atoms. The van der Waals surface area contributed by atoms with Gasteiger partial charge >= 0.3 is 0 Å². The van der Waals surface area contributed by atoms with E-state index in [1.165, 1.54) is 6.07 Å². The Labute approximate surface area is 111 Å². The van der Waals surface area contributed by atoms with Crippen molar-refractivity contribution in [1.82, 2.24) is 0 Å². The second-order valence-corrected chi connectivity index (χ2v) is 4.90. The lowest BCUT2D eigenvalue weighted by atomic mass is 9.84. The van der Waals surface area contributed by atoms with Crippen LogP contribution in [0.1, 0.15) is 18.4 Å². The van der Waals surface area contributed by atoms with Crippen LogP contribution in [0.4, 0.5) is 5.69 Å². The summed E-state index contributed by atoms with van der Waals surface area (Å²) in [4.78, 5) is 10.4. The monoisotopic (exact) mass is 266 g/mol. The van der Waals surface area contributed by atoms with Gasteiger partial charge in [0, 0.05) is 36.4 Å². The minimum atomic E-state index is -0.407. The molecule has 19 heavy (non-hydrogen) atoms. The van der Waals surface area contributed by atoms with Crippen LogP contribution in [0.3, 0.4) is 0 Å². The molecule has 0 atom stereocenters. The second kappa shape index (κ2) is 5.54. The molecule has 1 aromatic rings. The number of hydrogen-bond donors (Lipinski definition) is 1. The quantitative estimate of drug-likeness (QED) is 0.661. The van der Waals surface area contributed by atoms with Crippen LogP contribution in [0, 0.1) is 10.1 Å². The summed E-state index contributed by atoms with van der Waals surface area (Å²) in [6.45, 7) is 1.27. The van der Waals surface area contributed by atoms with E-state index >= 15 is 0 Å². The van der Waals surface area contributed by atoms with E-state index in [0.717, 1.165) is 18.4 Å². The van der Waals surface area contributed by atoms with Crippen molar-refractivity contribution in [3.8, 4) is 5.75 Å². The summed E-state index contributed by atoms with van der Waals surface area (Å²) in [5.41, 5.74) is 6.80. The van der Waals surface area contributed by atoms with E-state index in [0.29, 0.717) is 25.4 Å². The van der Waals surface area contributed by atoms with Crippen molar-refractivity contribution in [3.63, 3.8) is 0 Å². The largest absolute Gasteiger partial charge is 0.496 e. The average molecular weight is 266 g/mol. The summed E-state index contributed by atoms with van der Waals surface area (Å²) < 4.78 is 10.6. The number of nitrogens with two attached hydrogens (primary N) is 1. The van der Waals surface area contributed by atoms with Crippen LogP contribution in [0.15, 0.2) is 18.2 Å². The van der Waals surface area contributed by atoms with Gasteiger partial charge in [-0.05, 0) is 25.3 Å². The van der Waals surface area contributed by atoms with Gasteiger partial charge in [-0.2, -0.15) is 0 Å². The molecule has 0 spiro atoms. The van der Waals surface area contributed by atoms with Crippen LogP contribution in [0.25, 0.3) is 0 Å². The van der Waals surface area contributed by atoms with Gasteiger partial charge in [-0.3, -0.25) is 10.1 Å². The highest BCUT2D eigenvalue weighted by Gasteiger charge is 2.29. The molecule has 0 aliphatic carbocycles. The number of benzene rings is 1. The normalized spacial score (nSPS) is 18.0. The number of hydrogen-bond acceptors (Lipinski definition) is 5. The first-order valence-corrected chi connectivity index (χ1v) is 6.22. The highest BCUT2D eigenvalue weighted by atomic mass is 16.6. The predicted molar refractivity (Wildman–Crippen MR) is 70.3 cm³/mol. The number of nitro benzene ring substituents is 1. The van der Waals surface area contributed by atoms with E-state index in [1.807, 2.05) is 0 Å². The first-order chi connectivity index (χ1) is 9.04. The summed E-state index contributed by atoms with van der Waals surface area (Å²) in [7, 11) is 1.55. The molecule has 6 heteroatoms. The Balaban J connectivity index is 2.26. The molecule has 0 radical (unpaired) electrons. The fraction of sp³-hybridized carbons (Fsp3) is 0.538. The summed E-state index contributed by atoms with van der Waals surface area (Å²) >= 11 is 0. The third-order valence-electron chi connectivity index (χ3n) is 3.51. The first-order valence-electron chi connectivity index (χ1n) is 6.22. The van der Waals surface area contributed by atoms with Crippen molar-refractivity contribution < 1.29 is 14.4 Å². The van der Waals surface area contributed by atoms with Crippen LogP contribution in [0.5, 0.6) is 5.75 Å². The van der Waals surface area contributed by atoms with Crippen LogP contribution < -0.4 is 10.5 Å². The van der Waals surface area contributed by atoms with Gasteiger partial charge in [0.15, 0.2) is 0 Å². The minimum absolute atomic E-state index is 0.0615. The number of nitro groups is 1. The van der Waals surface area contributed by atoms with E-state index in [4.69, 9.17) is 15.2 Å². The van der Waals surface area contributed by atoms with Crippen molar-refractivity contribution in [3.05, 3.63) is 33.9 Å². The minimum Gasteiger partial charge on any atom is -0.496 e. The molecule has 1 saturated heterocycles. The van der Waals surface area contributed by atoms with Crippen molar-refractivity contribution in [2.24, 2.45) is 5.73 Å². The molecule has 1 aromatic carbocycles. The Hall–Kier alpha value is -1.66. The molecule has 104 valence electrons. The van der Waals surface area contributed by atoms with Crippen LogP contribution in [0.2, 0.25) is 0 Å². The zero-order valence-corrected chi connectivity index (χ0v) is 10.9. The van der Waals surface area contributed by atoms with E-state index in [2.05, 4.69) is 0 Å². The van der Waals surface area contributed by atoms with Crippen molar-refractivity contribution in [2.45, 2.75) is 24.8 Å². The molecular formula is C13H18N2O4. The van der Waals surface area contributed by atoms with Crippen LogP contribution in [-0.4, -0.2) is 30.8 Å². The lowest BCUT2D eigenvalue weighted by molar-refractivity contribution is -0.384. The number of non-ortho nitro benzene ring substituents is 1. The molecule has 1 aliphatic heterocycles. The third kappa shape index (κ3) is 3.21.